The van der Waals surface area contributed by atoms with E-state index in [9.17, 15) is 9.59 Å². The van der Waals surface area contributed by atoms with Crippen LogP contribution in [0.2, 0.25) is 0 Å². The first-order valence-electron chi connectivity index (χ1n) is 8.46. The third-order valence-electron chi connectivity index (χ3n) is 4.65. The fourth-order valence-corrected chi connectivity index (χ4v) is 3.53. The average Bonchev–Trinajstić information content (AvgIpc) is 3.04. The minimum atomic E-state index is -0.349. The van der Waals surface area contributed by atoms with Gasteiger partial charge in [-0.1, -0.05) is 46.3 Å². The molecular formula is C21H17BrN2O2. The van der Waals surface area contributed by atoms with Crippen molar-refractivity contribution in [2.45, 2.75) is 6.42 Å². The van der Waals surface area contributed by atoms with E-state index >= 15 is 0 Å². The molecule has 1 aliphatic heterocycles. The summed E-state index contributed by atoms with van der Waals surface area (Å²) in [5.41, 5.74) is 1.57. The van der Waals surface area contributed by atoms with E-state index in [4.69, 9.17) is 0 Å². The summed E-state index contributed by atoms with van der Waals surface area (Å²) in [6.45, 7) is 0.403. The van der Waals surface area contributed by atoms with Gasteiger partial charge in [-0.3, -0.25) is 9.59 Å². The fourth-order valence-electron chi connectivity index (χ4n) is 3.27. The van der Waals surface area contributed by atoms with Gasteiger partial charge in [0.15, 0.2) is 0 Å². The molecule has 1 saturated heterocycles. The van der Waals surface area contributed by atoms with Crippen molar-refractivity contribution in [1.29, 1.82) is 0 Å². The lowest BCUT2D eigenvalue weighted by Gasteiger charge is -2.17. The molecule has 3 aromatic carbocycles. The van der Waals surface area contributed by atoms with Gasteiger partial charge in [-0.2, -0.15) is 0 Å². The quantitative estimate of drug-likeness (QED) is 0.688. The standard InChI is InChI=1S/C21H17BrN2O2/c22-17-6-9-19(10-7-17)24-13-16(12-20(24)25)21(26)23-18-8-5-14-3-1-2-4-15(14)11-18/h1-11,16H,12-13H2,(H,23,26). The summed E-state index contributed by atoms with van der Waals surface area (Å²) < 4.78 is 0.957. The lowest BCUT2D eigenvalue weighted by Crippen LogP contribution is -2.28. The Morgan fingerprint density at radius 3 is 2.50 bits per heavy atom. The number of anilines is 2. The maximum Gasteiger partial charge on any atom is 0.229 e. The van der Waals surface area contributed by atoms with Gasteiger partial charge >= 0.3 is 0 Å². The van der Waals surface area contributed by atoms with Crippen molar-refractivity contribution in [3.63, 3.8) is 0 Å². The minimum Gasteiger partial charge on any atom is -0.326 e. The van der Waals surface area contributed by atoms with E-state index < -0.39 is 0 Å². The zero-order chi connectivity index (χ0) is 18.1. The molecule has 1 aliphatic rings. The number of carbonyl (C=O) groups excluding carboxylic acids is 2. The molecule has 0 aliphatic carbocycles. The van der Waals surface area contributed by atoms with E-state index in [0.717, 1.165) is 26.6 Å². The molecule has 0 bridgehead atoms. The van der Waals surface area contributed by atoms with Crippen LogP contribution in [-0.4, -0.2) is 18.4 Å². The zero-order valence-electron chi connectivity index (χ0n) is 14.0. The molecule has 0 radical (unpaired) electrons. The van der Waals surface area contributed by atoms with Gasteiger partial charge in [-0.15, -0.1) is 0 Å². The van der Waals surface area contributed by atoms with Crippen molar-refractivity contribution in [3.05, 3.63) is 71.2 Å². The fraction of sp³-hybridized carbons (Fsp3) is 0.143. The van der Waals surface area contributed by atoms with Gasteiger partial charge in [-0.25, -0.2) is 0 Å². The smallest absolute Gasteiger partial charge is 0.229 e. The molecule has 1 atom stereocenters. The van der Waals surface area contributed by atoms with Gasteiger partial charge in [0, 0.05) is 28.8 Å². The number of rotatable bonds is 3. The number of benzene rings is 3. The third-order valence-corrected chi connectivity index (χ3v) is 5.18. The van der Waals surface area contributed by atoms with Crippen molar-refractivity contribution < 1.29 is 9.59 Å². The highest BCUT2D eigenvalue weighted by atomic mass is 79.9. The Kier molecular flexibility index (Phi) is 4.47. The summed E-state index contributed by atoms with van der Waals surface area (Å²) in [4.78, 5) is 26.6. The highest BCUT2D eigenvalue weighted by Crippen LogP contribution is 2.27. The van der Waals surface area contributed by atoms with E-state index in [1.165, 1.54) is 0 Å². The summed E-state index contributed by atoms with van der Waals surface area (Å²) in [5, 5.41) is 5.15. The first-order chi connectivity index (χ1) is 12.6. The Labute approximate surface area is 159 Å². The average molecular weight is 409 g/mol. The largest absolute Gasteiger partial charge is 0.326 e. The second kappa shape index (κ2) is 6.92. The maximum atomic E-state index is 12.6. The molecule has 1 heterocycles. The summed E-state index contributed by atoms with van der Waals surface area (Å²) >= 11 is 3.39. The predicted molar refractivity (Wildman–Crippen MR) is 107 cm³/mol. The third kappa shape index (κ3) is 3.35. The minimum absolute atomic E-state index is 0.0222. The Morgan fingerprint density at radius 2 is 1.73 bits per heavy atom. The van der Waals surface area contributed by atoms with Crippen LogP contribution in [0.15, 0.2) is 71.2 Å². The SMILES string of the molecule is O=C(Nc1ccc2ccccc2c1)C1CC(=O)N(c2ccc(Br)cc2)C1. The monoisotopic (exact) mass is 408 g/mol. The number of halogens is 1. The van der Waals surface area contributed by atoms with Crippen LogP contribution in [0.3, 0.4) is 0 Å². The Balaban J connectivity index is 1.48. The number of nitrogens with one attached hydrogen (secondary N) is 1. The van der Waals surface area contributed by atoms with Gasteiger partial charge in [0.25, 0.3) is 0 Å². The molecule has 1 N–H and O–H groups in total. The van der Waals surface area contributed by atoms with Crippen LogP contribution in [0.4, 0.5) is 11.4 Å². The number of carbonyl (C=O) groups is 2. The summed E-state index contributed by atoms with van der Waals surface area (Å²) in [6, 6.07) is 21.4. The van der Waals surface area contributed by atoms with Crippen molar-refractivity contribution in [1.82, 2.24) is 0 Å². The zero-order valence-corrected chi connectivity index (χ0v) is 15.6. The number of hydrogen-bond acceptors (Lipinski definition) is 2. The second-order valence-electron chi connectivity index (χ2n) is 6.43. The van der Waals surface area contributed by atoms with E-state index in [0.29, 0.717) is 6.54 Å². The summed E-state index contributed by atoms with van der Waals surface area (Å²) in [5.74, 6) is -0.489. The normalized spacial score (nSPS) is 16.9. The van der Waals surface area contributed by atoms with Crippen LogP contribution < -0.4 is 10.2 Å². The number of fused-ring (bicyclic) bond motifs is 1. The molecule has 4 rings (SSSR count). The molecule has 1 unspecified atom stereocenters. The van der Waals surface area contributed by atoms with Crippen LogP contribution in [0, 0.1) is 5.92 Å². The van der Waals surface area contributed by atoms with Crippen molar-refractivity contribution in [2.24, 2.45) is 5.92 Å². The topological polar surface area (TPSA) is 49.4 Å². The van der Waals surface area contributed by atoms with Crippen LogP contribution in [0.5, 0.6) is 0 Å². The van der Waals surface area contributed by atoms with Crippen molar-refractivity contribution >= 4 is 49.9 Å². The number of amides is 2. The van der Waals surface area contributed by atoms with Gasteiger partial charge in [0.05, 0.1) is 5.92 Å². The van der Waals surface area contributed by atoms with Crippen molar-refractivity contribution in [3.8, 4) is 0 Å². The molecule has 0 saturated carbocycles. The molecule has 130 valence electrons. The van der Waals surface area contributed by atoms with Crippen LogP contribution in [0.1, 0.15) is 6.42 Å². The van der Waals surface area contributed by atoms with Crippen LogP contribution in [-0.2, 0) is 9.59 Å². The van der Waals surface area contributed by atoms with Gasteiger partial charge in [0.2, 0.25) is 11.8 Å². The molecule has 0 aromatic heterocycles. The molecular weight excluding hydrogens is 392 g/mol. The highest BCUT2D eigenvalue weighted by Gasteiger charge is 2.35. The number of nitrogens with zero attached hydrogens (tertiary/aromatic N) is 1. The second-order valence-corrected chi connectivity index (χ2v) is 7.35. The van der Waals surface area contributed by atoms with Crippen molar-refractivity contribution in [2.75, 3.05) is 16.8 Å². The summed E-state index contributed by atoms with van der Waals surface area (Å²) in [6.07, 6.45) is 0.232. The van der Waals surface area contributed by atoms with E-state index in [2.05, 4.69) is 21.2 Å². The Bertz CT molecular complexity index is 985. The molecule has 2 amide bonds. The molecule has 26 heavy (non-hydrogen) atoms. The van der Waals surface area contributed by atoms with Gasteiger partial charge < -0.3 is 10.2 Å². The Morgan fingerprint density at radius 1 is 1.00 bits per heavy atom. The lowest BCUT2D eigenvalue weighted by atomic mass is 10.1. The lowest BCUT2D eigenvalue weighted by molar-refractivity contribution is -0.122. The van der Waals surface area contributed by atoms with Gasteiger partial charge in [-0.05, 0) is 47.2 Å². The maximum absolute atomic E-state index is 12.6. The van der Waals surface area contributed by atoms with Crippen LogP contribution >= 0.6 is 15.9 Å². The van der Waals surface area contributed by atoms with E-state index in [-0.39, 0.29) is 24.2 Å². The Hall–Kier alpha value is -2.66. The van der Waals surface area contributed by atoms with Gasteiger partial charge in [0.1, 0.15) is 0 Å². The van der Waals surface area contributed by atoms with Crippen LogP contribution in [0.25, 0.3) is 10.8 Å². The van der Waals surface area contributed by atoms with E-state index in [1.807, 2.05) is 66.7 Å². The molecule has 4 nitrogen and oxygen atoms in total. The first kappa shape index (κ1) is 16.8. The molecule has 0 spiro atoms. The molecule has 3 aromatic rings. The number of hydrogen-bond donors (Lipinski definition) is 1. The predicted octanol–water partition coefficient (Wildman–Crippen LogP) is 4.59. The van der Waals surface area contributed by atoms with E-state index in [1.54, 1.807) is 4.90 Å². The summed E-state index contributed by atoms with van der Waals surface area (Å²) in [7, 11) is 0. The highest BCUT2D eigenvalue weighted by molar-refractivity contribution is 9.10. The first-order valence-corrected chi connectivity index (χ1v) is 9.25. The molecule has 1 fully saturated rings. The molecule has 5 heteroatoms.